The molecule has 0 N–H and O–H groups in total. The molecule has 2 aromatic carbocycles. The van der Waals surface area contributed by atoms with Crippen LogP contribution in [0.15, 0.2) is 53.4 Å². The summed E-state index contributed by atoms with van der Waals surface area (Å²) >= 11 is 5.84. The van der Waals surface area contributed by atoms with Crippen molar-refractivity contribution in [3.63, 3.8) is 0 Å². The van der Waals surface area contributed by atoms with Crippen LogP contribution >= 0.6 is 11.6 Å². The summed E-state index contributed by atoms with van der Waals surface area (Å²) in [6.45, 7) is 0. The van der Waals surface area contributed by atoms with Gasteiger partial charge in [0.1, 0.15) is 5.75 Å². The number of rotatable bonds is 4. The molecule has 2 aromatic rings. The molecule has 0 saturated heterocycles. The topological polar surface area (TPSA) is 60.4 Å². The number of carbonyl (C=O) groups is 1. The molecule has 0 radical (unpaired) electrons. The predicted octanol–water partition coefficient (Wildman–Crippen LogP) is 3.56. The van der Waals surface area contributed by atoms with E-state index in [1.54, 1.807) is 12.1 Å². The van der Waals surface area contributed by atoms with E-state index < -0.39 is 26.5 Å². The largest absolute Gasteiger partial charge is 0.421 e. The highest BCUT2D eigenvalue weighted by Gasteiger charge is 2.26. The monoisotopic (exact) mass is 346 g/mol. The predicted molar refractivity (Wildman–Crippen MR) is 76.0 cm³/mol. The molecule has 4 nitrogen and oxygen atoms in total. The van der Waals surface area contributed by atoms with Crippen LogP contribution in [0.5, 0.6) is 5.75 Å². The van der Waals surface area contributed by atoms with Gasteiger partial charge >= 0.3 is 11.7 Å². The summed E-state index contributed by atoms with van der Waals surface area (Å²) in [5.41, 5.74) is 0.00753. The summed E-state index contributed by atoms with van der Waals surface area (Å²) in [6, 6.07) is 10.3. The van der Waals surface area contributed by atoms with Crippen molar-refractivity contribution in [3.05, 3.63) is 59.1 Å². The van der Waals surface area contributed by atoms with Crippen LogP contribution < -0.4 is 4.74 Å². The molecule has 0 spiro atoms. The number of sulfone groups is 1. The van der Waals surface area contributed by atoms with E-state index in [1.165, 1.54) is 12.1 Å². The number of esters is 1. The molecule has 8 heteroatoms. The molecular formula is C14H9ClF2O4S. The highest BCUT2D eigenvalue weighted by atomic mass is 35.5. The second-order valence-corrected chi connectivity index (χ2v) is 6.47. The van der Waals surface area contributed by atoms with E-state index in [1.807, 2.05) is 0 Å². The third-order valence-corrected chi connectivity index (χ3v) is 4.40. The van der Waals surface area contributed by atoms with Crippen LogP contribution in [0.25, 0.3) is 0 Å². The van der Waals surface area contributed by atoms with Gasteiger partial charge in [0.15, 0.2) is 0 Å². The molecule has 116 valence electrons. The van der Waals surface area contributed by atoms with Crippen LogP contribution in [0.3, 0.4) is 0 Å². The summed E-state index contributed by atoms with van der Waals surface area (Å²) in [5, 5.41) is 0.229. The Morgan fingerprint density at radius 3 is 2.18 bits per heavy atom. The van der Waals surface area contributed by atoms with Gasteiger partial charge in [-0.1, -0.05) is 23.7 Å². The molecule has 0 saturated carbocycles. The first kappa shape index (κ1) is 16.4. The Hall–Kier alpha value is -1.99. The van der Waals surface area contributed by atoms with Crippen molar-refractivity contribution in [1.82, 2.24) is 0 Å². The van der Waals surface area contributed by atoms with Crippen LogP contribution in [-0.4, -0.2) is 20.1 Å². The Morgan fingerprint density at radius 2 is 1.64 bits per heavy atom. The third-order valence-electron chi connectivity index (χ3n) is 2.69. The highest BCUT2D eigenvalue weighted by molar-refractivity contribution is 7.91. The van der Waals surface area contributed by atoms with Gasteiger partial charge < -0.3 is 4.74 Å². The average molecular weight is 347 g/mol. The maximum atomic E-state index is 12.4. The molecule has 0 bridgehead atoms. The van der Waals surface area contributed by atoms with Gasteiger partial charge in [-0.2, -0.15) is 8.78 Å². The number of ether oxygens (including phenoxy) is 1. The Morgan fingerprint density at radius 1 is 1.05 bits per heavy atom. The van der Waals surface area contributed by atoms with Gasteiger partial charge in [0.25, 0.3) is 0 Å². The third kappa shape index (κ3) is 3.42. The summed E-state index contributed by atoms with van der Waals surface area (Å²) in [5.74, 6) is -4.17. The quantitative estimate of drug-likeness (QED) is 0.627. The maximum absolute atomic E-state index is 12.4. The normalized spacial score (nSPS) is 11.5. The second-order valence-electron chi connectivity index (χ2n) is 4.15. The number of alkyl halides is 2. The molecule has 2 rings (SSSR count). The minimum Gasteiger partial charge on any atom is -0.421 e. The SMILES string of the molecule is O=C(Oc1ccccc1Cl)c1ccc(S(=O)(=O)C(F)F)cc1. The smallest absolute Gasteiger partial charge is 0.343 e. The molecule has 0 aliphatic carbocycles. The fraction of sp³-hybridized carbons (Fsp3) is 0.0714. The van der Waals surface area contributed by atoms with Crippen LogP contribution in [-0.2, 0) is 9.84 Å². The van der Waals surface area contributed by atoms with E-state index in [0.717, 1.165) is 24.3 Å². The van der Waals surface area contributed by atoms with Gasteiger partial charge in [-0.05, 0) is 36.4 Å². The molecule has 0 aliphatic heterocycles. The average Bonchev–Trinajstić information content (AvgIpc) is 2.49. The van der Waals surface area contributed by atoms with Crippen LogP contribution in [0.4, 0.5) is 8.78 Å². The minimum atomic E-state index is -4.69. The van der Waals surface area contributed by atoms with Crippen molar-refractivity contribution < 1.29 is 26.7 Å². The lowest BCUT2D eigenvalue weighted by Gasteiger charge is -2.07. The Bertz CT molecular complexity index is 789. The minimum absolute atomic E-state index is 0.00753. The summed E-state index contributed by atoms with van der Waals surface area (Å²) in [7, 11) is -4.69. The van der Waals surface area contributed by atoms with Gasteiger partial charge in [-0.25, -0.2) is 13.2 Å². The molecule has 0 atom stereocenters. The van der Waals surface area contributed by atoms with Crippen molar-refractivity contribution in [1.29, 1.82) is 0 Å². The zero-order valence-electron chi connectivity index (χ0n) is 10.9. The molecule has 0 unspecified atom stereocenters. The Kier molecular flexibility index (Phi) is 4.77. The molecule has 0 amide bonds. The first-order valence-corrected chi connectivity index (χ1v) is 7.83. The van der Waals surface area contributed by atoms with E-state index in [0.29, 0.717) is 0 Å². The summed E-state index contributed by atoms with van der Waals surface area (Å²) < 4.78 is 52.4. The number of para-hydroxylation sites is 1. The van der Waals surface area contributed by atoms with Crippen LogP contribution in [0.1, 0.15) is 10.4 Å². The number of benzene rings is 2. The van der Waals surface area contributed by atoms with Gasteiger partial charge in [0.05, 0.1) is 15.5 Å². The lowest BCUT2D eigenvalue weighted by atomic mass is 10.2. The van der Waals surface area contributed by atoms with E-state index in [2.05, 4.69) is 0 Å². The fourth-order valence-corrected chi connectivity index (χ4v) is 2.47. The van der Waals surface area contributed by atoms with Gasteiger partial charge in [0.2, 0.25) is 9.84 Å². The van der Waals surface area contributed by atoms with Gasteiger partial charge in [-0.15, -0.1) is 0 Å². The molecule has 0 fully saturated rings. The van der Waals surface area contributed by atoms with Crippen molar-refractivity contribution >= 4 is 27.4 Å². The molecule has 0 aliphatic rings. The van der Waals surface area contributed by atoms with E-state index in [-0.39, 0.29) is 16.3 Å². The second kappa shape index (κ2) is 6.41. The van der Waals surface area contributed by atoms with E-state index in [9.17, 15) is 22.0 Å². The zero-order valence-corrected chi connectivity index (χ0v) is 12.4. The summed E-state index contributed by atoms with van der Waals surface area (Å²) in [6.07, 6.45) is 0. The first-order valence-electron chi connectivity index (χ1n) is 5.91. The van der Waals surface area contributed by atoms with Crippen molar-refractivity contribution in [2.45, 2.75) is 10.7 Å². The van der Waals surface area contributed by atoms with Gasteiger partial charge in [0, 0.05) is 0 Å². The highest BCUT2D eigenvalue weighted by Crippen LogP contribution is 2.24. The fourth-order valence-electron chi connectivity index (χ4n) is 1.57. The standard InChI is InChI=1S/C14H9ClF2O4S/c15-11-3-1-2-4-12(11)21-13(18)9-5-7-10(8-6-9)22(19,20)14(16)17/h1-8,14H. The van der Waals surface area contributed by atoms with Crippen LogP contribution in [0, 0.1) is 0 Å². The van der Waals surface area contributed by atoms with Crippen molar-refractivity contribution in [2.75, 3.05) is 0 Å². The number of hydrogen-bond donors (Lipinski definition) is 0. The number of carbonyl (C=O) groups excluding carboxylic acids is 1. The number of hydrogen-bond acceptors (Lipinski definition) is 4. The zero-order chi connectivity index (χ0) is 16.3. The molecule has 22 heavy (non-hydrogen) atoms. The molecule has 0 aromatic heterocycles. The van der Waals surface area contributed by atoms with Crippen LogP contribution in [0.2, 0.25) is 5.02 Å². The molecule has 0 heterocycles. The Balaban J connectivity index is 2.21. The number of halogens is 3. The lowest BCUT2D eigenvalue weighted by Crippen LogP contribution is -2.12. The lowest BCUT2D eigenvalue weighted by molar-refractivity contribution is 0.0734. The van der Waals surface area contributed by atoms with E-state index >= 15 is 0 Å². The van der Waals surface area contributed by atoms with E-state index in [4.69, 9.17) is 16.3 Å². The first-order chi connectivity index (χ1) is 10.3. The Labute approximate surface area is 130 Å². The van der Waals surface area contributed by atoms with Crippen molar-refractivity contribution in [2.24, 2.45) is 0 Å². The molecular weight excluding hydrogens is 338 g/mol. The maximum Gasteiger partial charge on any atom is 0.343 e. The van der Waals surface area contributed by atoms with Gasteiger partial charge in [-0.3, -0.25) is 0 Å². The van der Waals surface area contributed by atoms with Crippen molar-refractivity contribution in [3.8, 4) is 5.75 Å². The summed E-state index contributed by atoms with van der Waals surface area (Å²) in [4.78, 5) is 11.3.